The van der Waals surface area contributed by atoms with Crippen LogP contribution in [0.1, 0.15) is 18.4 Å². The van der Waals surface area contributed by atoms with Gasteiger partial charge in [0.2, 0.25) is 0 Å². The predicted octanol–water partition coefficient (Wildman–Crippen LogP) is 3.86. The number of hydrogen-bond donors (Lipinski definition) is 0. The molecule has 0 aliphatic heterocycles. The Morgan fingerprint density at radius 2 is 2.08 bits per heavy atom. The normalized spacial score (nSPS) is 18.7. The van der Waals surface area contributed by atoms with Gasteiger partial charge in [-0.15, -0.1) is 0 Å². The van der Waals surface area contributed by atoms with Crippen molar-refractivity contribution in [3.8, 4) is 0 Å². The molecule has 0 bridgehead atoms. The molecule has 1 fully saturated rings. The van der Waals surface area contributed by atoms with Crippen LogP contribution in [0.5, 0.6) is 0 Å². The highest BCUT2D eigenvalue weighted by atomic mass is 127. The van der Waals surface area contributed by atoms with E-state index in [2.05, 4.69) is 27.6 Å². The lowest BCUT2D eigenvalue weighted by Crippen LogP contribution is -2.09. The van der Waals surface area contributed by atoms with Crippen molar-refractivity contribution < 1.29 is 0 Å². The maximum atomic E-state index is 6.03. The van der Waals surface area contributed by atoms with Crippen molar-refractivity contribution in [2.24, 2.45) is 0 Å². The van der Waals surface area contributed by atoms with Gasteiger partial charge in [-0.2, -0.15) is 0 Å². The second-order valence-corrected chi connectivity index (χ2v) is 4.89. The Labute approximate surface area is 101 Å². The first-order chi connectivity index (χ1) is 6.18. The monoisotopic (exact) mass is 327 g/mol. The van der Waals surface area contributed by atoms with Gasteiger partial charge in [-0.3, -0.25) is 0 Å². The summed E-state index contributed by atoms with van der Waals surface area (Å²) in [5.41, 5.74) is 1.46. The largest absolute Gasteiger partial charge is 0.224 e. The smallest absolute Gasteiger partial charge is 0.134 e. The van der Waals surface area contributed by atoms with E-state index in [-0.39, 0.29) is 0 Å². The third-order valence-electron chi connectivity index (χ3n) is 2.50. The van der Waals surface area contributed by atoms with Crippen molar-refractivity contribution in [1.82, 2.24) is 4.98 Å². The molecule has 1 aromatic rings. The zero-order valence-corrected chi connectivity index (χ0v) is 10.5. The van der Waals surface area contributed by atoms with Gasteiger partial charge in [0.15, 0.2) is 0 Å². The molecule has 0 unspecified atom stereocenters. The third kappa shape index (κ3) is 1.81. The molecule has 0 saturated heterocycles. The van der Waals surface area contributed by atoms with Gasteiger partial charge in [0.25, 0.3) is 0 Å². The number of alkyl halides is 1. The van der Waals surface area contributed by atoms with Crippen LogP contribution in [0.4, 0.5) is 0 Å². The Kier molecular flexibility index (Phi) is 2.73. The van der Waals surface area contributed by atoms with Gasteiger partial charge in [0.05, 0.1) is 0 Å². The van der Waals surface area contributed by atoms with Crippen molar-refractivity contribution in [2.45, 2.75) is 18.3 Å². The second kappa shape index (κ2) is 3.55. The molecule has 0 atom stereocenters. The molecule has 70 valence electrons. The molecular weight excluding hydrogens is 320 g/mol. The molecule has 13 heavy (non-hydrogen) atoms. The van der Waals surface area contributed by atoms with Crippen molar-refractivity contribution in [2.75, 3.05) is 4.43 Å². The summed E-state index contributed by atoms with van der Waals surface area (Å²) in [6, 6.07) is 3.82. The van der Waals surface area contributed by atoms with Crippen molar-refractivity contribution >= 4 is 45.8 Å². The van der Waals surface area contributed by atoms with Crippen LogP contribution in [-0.4, -0.2) is 9.41 Å². The molecule has 1 heterocycles. The Hall–Kier alpha value is 0.460. The summed E-state index contributed by atoms with van der Waals surface area (Å²) in [5.74, 6) is 0. The first kappa shape index (κ1) is 9.99. The zero-order valence-electron chi connectivity index (χ0n) is 6.86. The maximum absolute atomic E-state index is 6.03. The highest BCUT2D eigenvalue weighted by Crippen LogP contribution is 2.51. The van der Waals surface area contributed by atoms with Gasteiger partial charge < -0.3 is 0 Å². The summed E-state index contributed by atoms with van der Waals surface area (Å²) in [6.07, 6.45) is 2.44. The van der Waals surface area contributed by atoms with E-state index in [0.717, 1.165) is 9.99 Å². The highest BCUT2D eigenvalue weighted by Gasteiger charge is 2.44. The lowest BCUT2D eigenvalue weighted by molar-refractivity contribution is 0.810. The average molecular weight is 328 g/mol. The topological polar surface area (TPSA) is 12.9 Å². The minimum atomic E-state index is 0.301. The van der Waals surface area contributed by atoms with Crippen LogP contribution in [0.15, 0.2) is 12.1 Å². The summed E-state index contributed by atoms with van der Waals surface area (Å²) in [7, 11) is 0. The van der Waals surface area contributed by atoms with Crippen LogP contribution in [0, 0.1) is 0 Å². The van der Waals surface area contributed by atoms with Crippen LogP contribution in [-0.2, 0) is 5.41 Å². The summed E-state index contributed by atoms with van der Waals surface area (Å²) in [4.78, 5) is 4.06. The summed E-state index contributed by atoms with van der Waals surface area (Å²) in [6.45, 7) is 0. The molecule has 0 radical (unpaired) electrons. The number of rotatable bonds is 2. The van der Waals surface area contributed by atoms with E-state index < -0.39 is 0 Å². The molecule has 4 heteroatoms. The molecule has 1 aliphatic carbocycles. The van der Waals surface area contributed by atoms with Crippen LogP contribution in [0.3, 0.4) is 0 Å². The summed E-state index contributed by atoms with van der Waals surface area (Å²) in [5, 5.41) is 1.04. The SMILES string of the molecule is Clc1ccc(C2(CI)CC2)c(Cl)n1. The van der Waals surface area contributed by atoms with Crippen molar-refractivity contribution in [3.63, 3.8) is 0 Å². The lowest BCUT2D eigenvalue weighted by Gasteiger charge is -2.12. The first-order valence-electron chi connectivity index (χ1n) is 4.06. The average Bonchev–Trinajstić information content (AvgIpc) is 2.85. The Balaban J connectivity index is 2.41. The standard InChI is InChI=1S/C9H8Cl2IN/c10-7-2-1-6(8(11)13-7)9(5-12)3-4-9/h1-2H,3-5H2. The second-order valence-electron chi connectivity index (χ2n) is 3.39. The predicted molar refractivity (Wildman–Crippen MR) is 64.1 cm³/mol. The highest BCUT2D eigenvalue weighted by molar-refractivity contribution is 14.1. The number of nitrogens with zero attached hydrogens (tertiary/aromatic N) is 1. The van der Waals surface area contributed by atoms with E-state index in [9.17, 15) is 0 Å². The van der Waals surface area contributed by atoms with E-state index >= 15 is 0 Å². The van der Waals surface area contributed by atoms with Gasteiger partial charge in [0.1, 0.15) is 10.3 Å². The number of halogens is 3. The lowest BCUT2D eigenvalue weighted by atomic mass is 10.0. The summed E-state index contributed by atoms with van der Waals surface area (Å²) >= 11 is 14.2. The Morgan fingerprint density at radius 1 is 1.38 bits per heavy atom. The van der Waals surface area contributed by atoms with Crippen LogP contribution < -0.4 is 0 Å². The number of aromatic nitrogens is 1. The van der Waals surface area contributed by atoms with Gasteiger partial charge in [-0.25, -0.2) is 4.98 Å². The van der Waals surface area contributed by atoms with E-state index in [1.807, 2.05) is 12.1 Å². The van der Waals surface area contributed by atoms with Crippen LogP contribution in [0.25, 0.3) is 0 Å². The Bertz CT molecular complexity index is 336. The molecule has 1 aliphatic rings. The fourth-order valence-corrected chi connectivity index (χ4v) is 3.15. The van der Waals surface area contributed by atoms with E-state index in [1.165, 1.54) is 12.8 Å². The van der Waals surface area contributed by atoms with Gasteiger partial charge >= 0.3 is 0 Å². The van der Waals surface area contributed by atoms with E-state index in [1.54, 1.807) is 0 Å². The Morgan fingerprint density at radius 3 is 2.54 bits per heavy atom. The maximum Gasteiger partial charge on any atom is 0.134 e. The first-order valence-corrected chi connectivity index (χ1v) is 6.35. The van der Waals surface area contributed by atoms with Crippen molar-refractivity contribution in [1.29, 1.82) is 0 Å². The van der Waals surface area contributed by atoms with Gasteiger partial charge in [-0.1, -0.05) is 51.9 Å². The molecule has 0 amide bonds. The van der Waals surface area contributed by atoms with Gasteiger partial charge in [0, 0.05) is 9.84 Å². The minimum Gasteiger partial charge on any atom is -0.224 e. The number of hydrogen-bond acceptors (Lipinski definition) is 1. The zero-order chi connectivity index (χ0) is 9.47. The minimum absolute atomic E-state index is 0.301. The quantitative estimate of drug-likeness (QED) is 0.456. The molecule has 0 N–H and O–H groups in total. The number of pyridine rings is 1. The molecule has 0 aromatic carbocycles. The van der Waals surface area contributed by atoms with Gasteiger partial charge in [-0.05, 0) is 24.5 Å². The molecule has 1 saturated carbocycles. The van der Waals surface area contributed by atoms with E-state index in [0.29, 0.717) is 15.7 Å². The van der Waals surface area contributed by atoms with Crippen molar-refractivity contribution in [3.05, 3.63) is 28.0 Å². The molecule has 1 aromatic heterocycles. The van der Waals surface area contributed by atoms with Crippen LogP contribution >= 0.6 is 45.8 Å². The molecule has 1 nitrogen and oxygen atoms in total. The van der Waals surface area contributed by atoms with E-state index in [4.69, 9.17) is 23.2 Å². The third-order valence-corrected chi connectivity index (χ3v) is 4.45. The fraction of sp³-hybridized carbons (Fsp3) is 0.444. The molecule has 0 spiro atoms. The van der Waals surface area contributed by atoms with Crippen LogP contribution in [0.2, 0.25) is 10.3 Å². The molecular formula is C9H8Cl2IN. The summed E-state index contributed by atoms with van der Waals surface area (Å²) < 4.78 is 1.10. The fourth-order valence-electron chi connectivity index (χ4n) is 1.43. The molecule has 2 rings (SSSR count).